The van der Waals surface area contributed by atoms with Crippen LogP contribution >= 0.6 is 0 Å². The van der Waals surface area contributed by atoms with E-state index in [1.54, 1.807) is 6.42 Å². The lowest BCUT2D eigenvalue weighted by Gasteiger charge is -2.26. The van der Waals surface area contributed by atoms with Crippen LogP contribution in [0.25, 0.3) is 0 Å². The summed E-state index contributed by atoms with van der Waals surface area (Å²) in [5, 5.41) is 0. The standard InChI is InChI=1S/C13H22/c1-5-10-8(4)13(10)6-9-11(7(2)3)12(9)13/h7-12H,5-6H2,1-4H3. The zero-order chi connectivity index (χ0) is 9.38. The van der Waals surface area contributed by atoms with Gasteiger partial charge in [-0.05, 0) is 47.3 Å². The highest BCUT2D eigenvalue weighted by atomic mass is 14.9. The van der Waals surface area contributed by atoms with Gasteiger partial charge in [0.25, 0.3) is 0 Å². The van der Waals surface area contributed by atoms with E-state index < -0.39 is 0 Å². The molecule has 0 heterocycles. The molecule has 74 valence electrons. The molecule has 0 saturated heterocycles. The molecule has 0 bridgehead atoms. The monoisotopic (exact) mass is 178 g/mol. The highest BCUT2D eigenvalue weighted by Gasteiger charge is 2.82. The van der Waals surface area contributed by atoms with Crippen molar-refractivity contribution in [1.82, 2.24) is 0 Å². The lowest BCUT2D eigenvalue weighted by molar-refractivity contribution is 0.214. The van der Waals surface area contributed by atoms with Gasteiger partial charge in [-0.25, -0.2) is 0 Å². The molecule has 0 N–H and O–H groups in total. The first-order chi connectivity index (χ1) is 6.14. The van der Waals surface area contributed by atoms with Crippen molar-refractivity contribution in [2.75, 3.05) is 0 Å². The van der Waals surface area contributed by atoms with Gasteiger partial charge in [-0.3, -0.25) is 0 Å². The molecule has 6 unspecified atom stereocenters. The van der Waals surface area contributed by atoms with Crippen molar-refractivity contribution in [3.8, 4) is 0 Å². The van der Waals surface area contributed by atoms with Crippen molar-refractivity contribution < 1.29 is 0 Å². The first-order valence-corrected chi connectivity index (χ1v) is 6.14. The molecule has 3 saturated carbocycles. The number of fused-ring (bicyclic) bond motifs is 2. The molecule has 13 heavy (non-hydrogen) atoms. The maximum Gasteiger partial charge on any atom is -0.0201 e. The first kappa shape index (κ1) is 8.32. The van der Waals surface area contributed by atoms with Crippen LogP contribution in [0.2, 0.25) is 0 Å². The predicted octanol–water partition coefficient (Wildman–Crippen LogP) is 3.57. The fourth-order valence-corrected chi connectivity index (χ4v) is 5.09. The molecular weight excluding hydrogens is 156 g/mol. The molecule has 0 aromatic heterocycles. The van der Waals surface area contributed by atoms with E-state index >= 15 is 0 Å². The Labute approximate surface area is 82.1 Å². The van der Waals surface area contributed by atoms with E-state index in [2.05, 4.69) is 27.7 Å². The molecular formula is C13H22. The van der Waals surface area contributed by atoms with Gasteiger partial charge in [0.15, 0.2) is 0 Å². The van der Waals surface area contributed by atoms with Gasteiger partial charge in [0.2, 0.25) is 0 Å². The Kier molecular flexibility index (Phi) is 1.37. The van der Waals surface area contributed by atoms with Gasteiger partial charge in [-0.2, -0.15) is 0 Å². The third kappa shape index (κ3) is 0.714. The van der Waals surface area contributed by atoms with Crippen LogP contribution in [0.1, 0.15) is 40.5 Å². The molecule has 3 rings (SSSR count). The zero-order valence-electron chi connectivity index (χ0n) is 9.38. The Balaban J connectivity index is 1.74. The molecule has 3 aliphatic rings. The van der Waals surface area contributed by atoms with Crippen molar-refractivity contribution in [3.63, 3.8) is 0 Å². The van der Waals surface area contributed by atoms with Gasteiger partial charge in [-0.1, -0.05) is 34.1 Å². The fraction of sp³-hybridized carbons (Fsp3) is 1.00. The minimum Gasteiger partial charge on any atom is -0.0651 e. The molecule has 6 atom stereocenters. The smallest absolute Gasteiger partial charge is 0.0201 e. The molecule has 3 aliphatic carbocycles. The first-order valence-electron chi connectivity index (χ1n) is 6.14. The van der Waals surface area contributed by atoms with Crippen molar-refractivity contribution in [2.24, 2.45) is 40.9 Å². The summed E-state index contributed by atoms with van der Waals surface area (Å²) in [5.74, 6) is 6.60. The summed E-state index contributed by atoms with van der Waals surface area (Å²) in [4.78, 5) is 0. The normalized spacial score (nSPS) is 62.1. The highest BCUT2D eigenvalue weighted by molar-refractivity contribution is 5.29. The number of hydrogen-bond donors (Lipinski definition) is 0. The van der Waals surface area contributed by atoms with Gasteiger partial charge >= 0.3 is 0 Å². The van der Waals surface area contributed by atoms with Crippen molar-refractivity contribution >= 4 is 0 Å². The molecule has 0 radical (unpaired) electrons. The molecule has 0 aromatic rings. The quantitative estimate of drug-likeness (QED) is 0.606. The third-order valence-corrected chi connectivity index (χ3v) is 5.68. The van der Waals surface area contributed by atoms with Gasteiger partial charge in [-0.15, -0.1) is 0 Å². The van der Waals surface area contributed by atoms with Crippen LogP contribution in [0.4, 0.5) is 0 Å². The van der Waals surface area contributed by atoms with Gasteiger partial charge in [0.1, 0.15) is 0 Å². The van der Waals surface area contributed by atoms with Crippen LogP contribution < -0.4 is 0 Å². The molecule has 3 fully saturated rings. The maximum atomic E-state index is 2.50. The Morgan fingerprint density at radius 2 is 2.08 bits per heavy atom. The summed E-state index contributed by atoms with van der Waals surface area (Å²) < 4.78 is 0. The van der Waals surface area contributed by atoms with Crippen LogP contribution in [0.3, 0.4) is 0 Å². The number of rotatable bonds is 2. The minimum atomic E-state index is 0.883. The Morgan fingerprint density at radius 3 is 2.46 bits per heavy atom. The molecule has 0 amide bonds. The lowest BCUT2D eigenvalue weighted by Crippen LogP contribution is -2.20. The summed E-state index contributed by atoms with van der Waals surface area (Å²) in [7, 11) is 0. The van der Waals surface area contributed by atoms with E-state index in [9.17, 15) is 0 Å². The van der Waals surface area contributed by atoms with Gasteiger partial charge in [0, 0.05) is 0 Å². The minimum absolute atomic E-state index is 0.883. The van der Waals surface area contributed by atoms with Crippen molar-refractivity contribution in [2.45, 2.75) is 40.5 Å². The molecule has 0 aromatic carbocycles. The van der Waals surface area contributed by atoms with Crippen molar-refractivity contribution in [3.05, 3.63) is 0 Å². The SMILES string of the molecule is CCC1C(C)C12CC1C(C(C)C)C12. The summed E-state index contributed by atoms with van der Waals surface area (Å²) in [6, 6.07) is 0. The Bertz CT molecular complexity index is 242. The van der Waals surface area contributed by atoms with E-state index in [1.807, 2.05) is 0 Å². The largest absolute Gasteiger partial charge is 0.0651 e. The summed E-state index contributed by atoms with van der Waals surface area (Å²) in [6.45, 7) is 9.73. The van der Waals surface area contributed by atoms with Crippen LogP contribution in [0.5, 0.6) is 0 Å². The Hall–Kier alpha value is 0. The molecule has 0 nitrogen and oxygen atoms in total. The van der Waals surface area contributed by atoms with E-state index in [-0.39, 0.29) is 0 Å². The average molecular weight is 178 g/mol. The second kappa shape index (κ2) is 2.15. The summed E-state index contributed by atoms with van der Waals surface area (Å²) in [6.07, 6.45) is 3.04. The summed E-state index contributed by atoms with van der Waals surface area (Å²) in [5.41, 5.74) is 0.883. The molecule has 0 heteroatoms. The lowest BCUT2D eigenvalue weighted by atomic mass is 9.78. The number of hydrogen-bond acceptors (Lipinski definition) is 0. The maximum absolute atomic E-state index is 2.50. The summed E-state index contributed by atoms with van der Waals surface area (Å²) >= 11 is 0. The topological polar surface area (TPSA) is 0 Å². The molecule has 1 spiro atoms. The second-order valence-electron chi connectivity index (χ2n) is 6.13. The van der Waals surface area contributed by atoms with E-state index in [4.69, 9.17) is 0 Å². The average Bonchev–Trinajstić information content (AvgIpc) is 2.84. The zero-order valence-corrected chi connectivity index (χ0v) is 9.38. The second-order valence-corrected chi connectivity index (χ2v) is 6.13. The fourth-order valence-electron chi connectivity index (χ4n) is 5.09. The van der Waals surface area contributed by atoms with E-state index in [1.165, 1.54) is 18.3 Å². The van der Waals surface area contributed by atoms with Gasteiger partial charge < -0.3 is 0 Å². The van der Waals surface area contributed by atoms with Crippen molar-refractivity contribution in [1.29, 1.82) is 0 Å². The van der Waals surface area contributed by atoms with Crippen LogP contribution in [-0.4, -0.2) is 0 Å². The molecule has 0 aliphatic heterocycles. The van der Waals surface area contributed by atoms with E-state index in [0.29, 0.717) is 0 Å². The van der Waals surface area contributed by atoms with Crippen LogP contribution in [-0.2, 0) is 0 Å². The van der Waals surface area contributed by atoms with E-state index in [0.717, 1.165) is 29.1 Å². The van der Waals surface area contributed by atoms with Crippen LogP contribution in [0.15, 0.2) is 0 Å². The predicted molar refractivity (Wildman–Crippen MR) is 55.3 cm³/mol. The Morgan fingerprint density at radius 1 is 1.38 bits per heavy atom. The highest BCUT2D eigenvalue weighted by Crippen LogP contribution is 2.87. The van der Waals surface area contributed by atoms with Crippen LogP contribution in [0, 0.1) is 40.9 Å². The van der Waals surface area contributed by atoms with Gasteiger partial charge in [0.05, 0.1) is 0 Å². The third-order valence-electron chi connectivity index (χ3n) is 5.68.